The first-order valence-electron chi connectivity index (χ1n) is 15.0. The zero-order chi connectivity index (χ0) is 26.2. The van der Waals surface area contributed by atoms with E-state index in [2.05, 4.69) is 27.7 Å². The summed E-state index contributed by atoms with van der Waals surface area (Å²) in [5.41, 5.74) is 0.644. The highest BCUT2D eigenvalue weighted by Crippen LogP contribution is 2.71. The standard InChI is InChI=1S/C31H46O6/c1-18-9-14-31(35-17-18)19(2)28-25(37-31)16-24-22-6-5-20-15-21(36-27(34)8-7-26(32)33)10-12-29(20,3)23(22)11-13-30(24,28)4/h7-8,18-25,28H,5-6,9-17H2,1-4H3,(H,32,33)/b8-7-/t18-,19+,20+,21+,22-,23+,24+,25+,28+,29+,30+,31-/m1/s1. The lowest BCUT2D eigenvalue weighted by Gasteiger charge is -2.61. The van der Waals surface area contributed by atoms with E-state index in [-0.39, 0.29) is 11.9 Å². The number of hydrogen-bond donors (Lipinski definition) is 1. The van der Waals surface area contributed by atoms with E-state index in [0.717, 1.165) is 62.2 Å². The highest BCUT2D eigenvalue weighted by molar-refractivity contribution is 5.90. The van der Waals surface area contributed by atoms with Gasteiger partial charge >= 0.3 is 11.9 Å². The summed E-state index contributed by atoms with van der Waals surface area (Å²) in [4.78, 5) is 22.8. The van der Waals surface area contributed by atoms with Gasteiger partial charge < -0.3 is 19.3 Å². The van der Waals surface area contributed by atoms with Crippen LogP contribution in [0.1, 0.15) is 91.9 Å². The molecule has 6 nitrogen and oxygen atoms in total. The van der Waals surface area contributed by atoms with Crippen LogP contribution in [-0.2, 0) is 23.8 Å². The van der Waals surface area contributed by atoms with E-state index in [9.17, 15) is 9.59 Å². The molecule has 0 aromatic rings. The Morgan fingerprint density at radius 1 is 0.919 bits per heavy atom. The first-order chi connectivity index (χ1) is 17.6. The van der Waals surface area contributed by atoms with Crippen LogP contribution in [0.2, 0.25) is 0 Å². The van der Waals surface area contributed by atoms with Crippen LogP contribution in [0, 0.1) is 52.3 Å². The molecule has 0 radical (unpaired) electrons. The Hall–Kier alpha value is -1.40. The smallest absolute Gasteiger partial charge is 0.331 e. The fraction of sp³-hybridized carbons (Fsp3) is 0.871. The molecule has 0 unspecified atom stereocenters. The Morgan fingerprint density at radius 2 is 1.70 bits per heavy atom. The van der Waals surface area contributed by atoms with Crippen LogP contribution in [-0.4, -0.2) is 41.6 Å². The van der Waals surface area contributed by atoms with Gasteiger partial charge in [-0.15, -0.1) is 0 Å². The summed E-state index contributed by atoms with van der Waals surface area (Å²) in [6.07, 6.45) is 13.6. The third kappa shape index (κ3) is 4.02. The molecule has 206 valence electrons. The van der Waals surface area contributed by atoms with Gasteiger partial charge in [-0.05, 0) is 104 Å². The molecule has 2 saturated heterocycles. The first kappa shape index (κ1) is 25.9. The molecular formula is C31H46O6. The SMILES string of the molecule is C[C@@H]1CC[C@@]2(OC1)O[C@H]1C[C@H]3[C@@H]4CC[C@H]5C[C@@H](OC(=O)/C=C\C(=O)O)CC[C@]5(C)[C@H]4CC[C@]3(C)[C@H]1[C@@H]2C. The largest absolute Gasteiger partial charge is 0.478 e. The van der Waals surface area contributed by atoms with Crippen LogP contribution in [0.4, 0.5) is 0 Å². The van der Waals surface area contributed by atoms with Crippen molar-refractivity contribution >= 4 is 11.9 Å². The summed E-state index contributed by atoms with van der Waals surface area (Å²) in [6, 6.07) is 0. The highest BCUT2D eigenvalue weighted by atomic mass is 16.7. The molecule has 1 N–H and O–H groups in total. The maximum absolute atomic E-state index is 12.1. The van der Waals surface area contributed by atoms with Crippen molar-refractivity contribution in [1.29, 1.82) is 0 Å². The van der Waals surface area contributed by atoms with Gasteiger partial charge in [-0.3, -0.25) is 0 Å². The van der Waals surface area contributed by atoms with Gasteiger partial charge in [0, 0.05) is 24.5 Å². The molecule has 0 aromatic heterocycles. The molecule has 6 rings (SSSR count). The van der Waals surface area contributed by atoms with Crippen molar-refractivity contribution in [2.45, 2.75) is 110 Å². The molecule has 0 bridgehead atoms. The second-order valence-corrected chi connectivity index (χ2v) is 14.2. The monoisotopic (exact) mass is 514 g/mol. The molecule has 4 saturated carbocycles. The second kappa shape index (κ2) is 9.08. The van der Waals surface area contributed by atoms with Crippen molar-refractivity contribution in [2.24, 2.45) is 52.3 Å². The molecule has 12 atom stereocenters. The van der Waals surface area contributed by atoms with Crippen LogP contribution < -0.4 is 0 Å². The van der Waals surface area contributed by atoms with Crippen molar-refractivity contribution in [2.75, 3.05) is 6.61 Å². The Kier molecular flexibility index (Phi) is 6.34. The van der Waals surface area contributed by atoms with Gasteiger partial charge in [0.1, 0.15) is 6.10 Å². The minimum atomic E-state index is -1.12. The molecule has 6 fully saturated rings. The van der Waals surface area contributed by atoms with Crippen molar-refractivity contribution in [3.05, 3.63) is 12.2 Å². The summed E-state index contributed by atoms with van der Waals surface area (Å²) in [7, 11) is 0. The summed E-state index contributed by atoms with van der Waals surface area (Å²) in [6.45, 7) is 10.7. The van der Waals surface area contributed by atoms with E-state index in [4.69, 9.17) is 19.3 Å². The molecule has 2 aliphatic heterocycles. The van der Waals surface area contributed by atoms with Crippen LogP contribution in [0.3, 0.4) is 0 Å². The summed E-state index contributed by atoms with van der Waals surface area (Å²) in [5, 5.41) is 8.78. The van der Waals surface area contributed by atoms with Gasteiger partial charge in [-0.1, -0.05) is 27.7 Å². The Morgan fingerprint density at radius 3 is 2.43 bits per heavy atom. The number of ether oxygens (including phenoxy) is 3. The number of carbonyl (C=O) groups is 2. The average Bonchev–Trinajstić information content (AvgIpc) is 3.30. The summed E-state index contributed by atoms with van der Waals surface area (Å²) >= 11 is 0. The van der Waals surface area contributed by atoms with E-state index in [0.29, 0.717) is 40.6 Å². The van der Waals surface area contributed by atoms with Crippen LogP contribution in [0.15, 0.2) is 12.2 Å². The Labute approximate surface area is 221 Å². The van der Waals surface area contributed by atoms with E-state index >= 15 is 0 Å². The third-order valence-corrected chi connectivity index (χ3v) is 12.5. The molecule has 0 amide bonds. The minimum Gasteiger partial charge on any atom is -0.478 e. The van der Waals surface area contributed by atoms with Crippen LogP contribution in [0.25, 0.3) is 0 Å². The lowest BCUT2D eigenvalue weighted by molar-refractivity contribution is -0.273. The number of carboxylic acids is 1. The second-order valence-electron chi connectivity index (χ2n) is 14.2. The quantitative estimate of drug-likeness (QED) is 0.368. The van der Waals surface area contributed by atoms with Gasteiger partial charge in [0.05, 0.1) is 12.7 Å². The first-order valence-corrected chi connectivity index (χ1v) is 15.0. The number of carbonyl (C=O) groups excluding carboxylic acids is 1. The number of fused-ring (bicyclic) bond motifs is 7. The molecular weight excluding hydrogens is 468 g/mol. The van der Waals surface area contributed by atoms with Gasteiger partial charge in [-0.2, -0.15) is 0 Å². The topological polar surface area (TPSA) is 82.1 Å². The molecule has 37 heavy (non-hydrogen) atoms. The highest BCUT2D eigenvalue weighted by Gasteiger charge is 2.69. The van der Waals surface area contributed by atoms with Gasteiger partial charge in [0.2, 0.25) is 0 Å². The van der Waals surface area contributed by atoms with Gasteiger partial charge in [0.25, 0.3) is 0 Å². The van der Waals surface area contributed by atoms with E-state index < -0.39 is 11.9 Å². The maximum Gasteiger partial charge on any atom is 0.331 e. The fourth-order valence-electron chi connectivity index (χ4n) is 10.7. The normalized spacial score (nSPS) is 52.8. The van der Waals surface area contributed by atoms with Gasteiger partial charge in [0.15, 0.2) is 5.79 Å². The fourth-order valence-corrected chi connectivity index (χ4v) is 10.7. The predicted octanol–water partition coefficient (Wildman–Crippen LogP) is 5.99. The number of aliphatic carboxylic acids is 1. The van der Waals surface area contributed by atoms with Crippen LogP contribution in [0.5, 0.6) is 0 Å². The Balaban J connectivity index is 1.14. The van der Waals surface area contributed by atoms with Crippen molar-refractivity contribution in [3.63, 3.8) is 0 Å². The average molecular weight is 515 g/mol. The van der Waals surface area contributed by atoms with Crippen molar-refractivity contribution in [1.82, 2.24) is 0 Å². The number of rotatable bonds is 3. The zero-order valence-electron chi connectivity index (χ0n) is 23.1. The summed E-state index contributed by atoms with van der Waals surface area (Å²) < 4.78 is 19.1. The summed E-state index contributed by atoms with van der Waals surface area (Å²) in [5.74, 6) is 2.52. The third-order valence-electron chi connectivity index (χ3n) is 12.5. The lowest BCUT2D eigenvalue weighted by atomic mass is 9.44. The van der Waals surface area contributed by atoms with Crippen LogP contribution >= 0.6 is 0 Å². The van der Waals surface area contributed by atoms with Gasteiger partial charge in [-0.25, -0.2) is 9.59 Å². The van der Waals surface area contributed by atoms with Crippen molar-refractivity contribution in [3.8, 4) is 0 Å². The van der Waals surface area contributed by atoms with Crippen molar-refractivity contribution < 1.29 is 28.9 Å². The number of esters is 1. The molecule has 4 aliphatic carbocycles. The number of carboxylic acid groups (broad SMARTS) is 1. The molecule has 0 aromatic carbocycles. The zero-order valence-corrected chi connectivity index (χ0v) is 23.1. The van der Waals surface area contributed by atoms with E-state index in [1.807, 2.05) is 0 Å². The molecule has 2 heterocycles. The maximum atomic E-state index is 12.1. The number of hydrogen-bond acceptors (Lipinski definition) is 5. The van der Waals surface area contributed by atoms with E-state index in [1.165, 1.54) is 38.5 Å². The molecule has 6 aliphatic rings. The lowest BCUT2D eigenvalue weighted by Crippen LogP contribution is -2.55. The minimum absolute atomic E-state index is 0.0936. The van der Waals surface area contributed by atoms with E-state index in [1.54, 1.807) is 0 Å². The Bertz CT molecular complexity index is 951. The molecule has 1 spiro atoms. The molecule has 6 heteroatoms. The predicted molar refractivity (Wildman–Crippen MR) is 138 cm³/mol.